The number of nitrogens with one attached hydrogen (secondary N) is 2. The van der Waals surface area contributed by atoms with E-state index in [0.717, 1.165) is 38.8 Å². The third-order valence-electron chi connectivity index (χ3n) is 5.90. The van der Waals surface area contributed by atoms with Gasteiger partial charge in [-0.05, 0) is 51.0 Å². The van der Waals surface area contributed by atoms with Crippen LogP contribution in [0.15, 0.2) is 30.3 Å². The zero-order valence-electron chi connectivity index (χ0n) is 15.4. The number of benzene rings is 1. The molecule has 1 aromatic rings. The van der Waals surface area contributed by atoms with Gasteiger partial charge in [0, 0.05) is 25.2 Å². The second-order valence-corrected chi connectivity index (χ2v) is 7.85. The molecule has 3 N–H and O–H groups in total. The summed E-state index contributed by atoms with van der Waals surface area (Å²) in [5, 5.41) is 15.7. The van der Waals surface area contributed by atoms with Gasteiger partial charge in [0.15, 0.2) is 0 Å². The van der Waals surface area contributed by atoms with Crippen molar-refractivity contribution in [2.45, 2.75) is 57.2 Å². The summed E-state index contributed by atoms with van der Waals surface area (Å²) in [7, 11) is 0. The first-order valence-corrected chi connectivity index (χ1v) is 9.50. The fourth-order valence-electron chi connectivity index (χ4n) is 3.85. The number of urea groups is 1. The van der Waals surface area contributed by atoms with Gasteiger partial charge < -0.3 is 15.7 Å². The average Bonchev–Trinajstić information content (AvgIpc) is 3.48. The number of rotatable bonds is 6. The molecule has 1 saturated heterocycles. The van der Waals surface area contributed by atoms with Crippen molar-refractivity contribution in [3.63, 3.8) is 0 Å². The summed E-state index contributed by atoms with van der Waals surface area (Å²) >= 11 is 0. The van der Waals surface area contributed by atoms with E-state index in [1.165, 1.54) is 5.56 Å². The number of aliphatic hydroxyl groups is 1. The first-order chi connectivity index (χ1) is 12.0. The van der Waals surface area contributed by atoms with Gasteiger partial charge in [-0.2, -0.15) is 0 Å². The quantitative estimate of drug-likeness (QED) is 0.743. The lowest BCUT2D eigenvalue weighted by Crippen LogP contribution is -2.56. The number of carbonyl (C=O) groups is 1. The van der Waals surface area contributed by atoms with Crippen LogP contribution < -0.4 is 10.6 Å². The van der Waals surface area contributed by atoms with Gasteiger partial charge in [0.2, 0.25) is 0 Å². The van der Waals surface area contributed by atoms with Crippen molar-refractivity contribution in [3.05, 3.63) is 35.9 Å². The van der Waals surface area contributed by atoms with Crippen molar-refractivity contribution in [2.24, 2.45) is 5.92 Å². The molecule has 1 heterocycles. The molecule has 0 aromatic heterocycles. The lowest BCUT2D eigenvalue weighted by atomic mass is 9.97. The smallest absolute Gasteiger partial charge is 0.315 e. The Hall–Kier alpha value is -1.59. The molecule has 25 heavy (non-hydrogen) atoms. The third kappa shape index (κ3) is 4.53. The molecule has 0 bridgehead atoms. The second-order valence-electron chi connectivity index (χ2n) is 7.85. The van der Waals surface area contributed by atoms with Crippen LogP contribution in [0.4, 0.5) is 4.79 Å². The first-order valence-electron chi connectivity index (χ1n) is 9.50. The van der Waals surface area contributed by atoms with Crippen LogP contribution in [0.1, 0.15) is 51.1 Å². The van der Waals surface area contributed by atoms with Gasteiger partial charge in [0.05, 0.1) is 12.1 Å². The molecule has 1 aromatic carbocycles. The lowest BCUT2D eigenvalue weighted by Gasteiger charge is -2.37. The van der Waals surface area contributed by atoms with Crippen LogP contribution in [-0.2, 0) is 0 Å². The van der Waals surface area contributed by atoms with E-state index in [-0.39, 0.29) is 18.7 Å². The number of carbonyl (C=O) groups excluding carboxylic acids is 1. The summed E-state index contributed by atoms with van der Waals surface area (Å²) < 4.78 is 0. The number of aliphatic hydroxyl groups excluding tert-OH is 1. The van der Waals surface area contributed by atoms with E-state index in [2.05, 4.69) is 46.7 Å². The summed E-state index contributed by atoms with van der Waals surface area (Å²) in [6, 6.07) is 11.0. The Morgan fingerprint density at radius 3 is 2.44 bits per heavy atom. The zero-order valence-corrected chi connectivity index (χ0v) is 15.4. The Morgan fingerprint density at radius 1 is 1.24 bits per heavy atom. The minimum Gasteiger partial charge on any atom is -0.394 e. The van der Waals surface area contributed by atoms with Crippen LogP contribution >= 0.6 is 0 Å². The highest BCUT2D eigenvalue weighted by Gasteiger charge is 2.42. The normalized spacial score (nSPS) is 22.8. The summed E-state index contributed by atoms with van der Waals surface area (Å²) in [5.41, 5.74) is 0.863. The highest BCUT2D eigenvalue weighted by atomic mass is 16.3. The molecule has 0 radical (unpaired) electrons. The molecule has 2 atom stereocenters. The molecule has 5 heteroatoms. The van der Waals surface area contributed by atoms with Crippen molar-refractivity contribution in [1.29, 1.82) is 0 Å². The van der Waals surface area contributed by atoms with Crippen LogP contribution in [-0.4, -0.2) is 47.3 Å². The van der Waals surface area contributed by atoms with E-state index in [4.69, 9.17) is 0 Å². The molecule has 138 valence electrons. The van der Waals surface area contributed by atoms with Crippen LogP contribution in [0.25, 0.3) is 0 Å². The minimum atomic E-state index is -0.480. The molecule has 1 aliphatic heterocycles. The molecule has 5 nitrogen and oxygen atoms in total. The number of nitrogens with zero attached hydrogens (tertiary/aromatic N) is 1. The fourth-order valence-corrected chi connectivity index (χ4v) is 3.85. The summed E-state index contributed by atoms with van der Waals surface area (Å²) in [5.74, 6) is 0.414. The van der Waals surface area contributed by atoms with Gasteiger partial charge in [-0.3, -0.25) is 4.90 Å². The van der Waals surface area contributed by atoms with E-state index < -0.39 is 5.54 Å². The summed E-state index contributed by atoms with van der Waals surface area (Å²) in [4.78, 5) is 14.8. The molecule has 2 aliphatic rings. The molecular formula is C20H31N3O2. The fraction of sp³-hybridized carbons (Fsp3) is 0.650. The monoisotopic (exact) mass is 345 g/mol. The maximum Gasteiger partial charge on any atom is 0.315 e. The van der Waals surface area contributed by atoms with Crippen molar-refractivity contribution in [3.8, 4) is 0 Å². The number of amides is 2. The van der Waals surface area contributed by atoms with E-state index in [1.54, 1.807) is 0 Å². The van der Waals surface area contributed by atoms with Crippen LogP contribution in [0.2, 0.25) is 0 Å². The van der Waals surface area contributed by atoms with E-state index in [0.29, 0.717) is 12.0 Å². The molecule has 2 amide bonds. The predicted molar refractivity (Wildman–Crippen MR) is 99.3 cm³/mol. The Morgan fingerprint density at radius 2 is 1.88 bits per heavy atom. The van der Waals surface area contributed by atoms with E-state index >= 15 is 0 Å². The Balaban J connectivity index is 1.45. The number of likely N-dealkylation sites (tertiary alicyclic amines) is 1. The summed E-state index contributed by atoms with van der Waals surface area (Å²) in [6.07, 6.45) is 4.11. The molecule has 0 spiro atoms. The van der Waals surface area contributed by atoms with Gasteiger partial charge in [-0.1, -0.05) is 30.3 Å². The summed E-state index contributed by atoms with van der Waals surface area (Å²) in [6.45, 7) is 6.16. The molecule has 1 saturated carbocycles. The second kappa shape index (κ2) is 7.75. The van der Waals surface area contributed by atoms with Crippen molar-refractivity contribution in [1.82, 2.24) is 15.5 Å². The third-order valence-corrected chi connectivity index (χ3v) is 5.90. The Kier molecular flexibility index (Phi) is 5.64. The van der Waals surface area contributed by atoms with Crippen LogP contribution in [0.5, 0.6) is 0 Å². The van der Waals surface area contributed by atoms with E-state index in [9.17, 15) is 9.90 Å². The van der Waals surface area contributed by atoms with Crippen molar-refractivity contribution in [2.75, 3.05) is 19.7 Å². The SMILES string of the molecule is CC(c1ccccc1)N1CCC(NC(=O)NC(C)(CO)C2CC2)CC1. The van der Waals surface area contributed by atoms with Gasteiger partial charge in [-0.25, -0.2) is 4.79 Å². The topological polar surface area (TPSA) is 64.6 Å². The average molecular weight is 345 g/mol. The van der Waals surface area contributed by atoms with Gasteiger partial charge >= 0.3 is 6.03 Å². The largest absolute Gasteiger partial charge is 0.394 e. The Bertz CT molecular complexity index is 568. The number of hydrogen-bond acceptors (Lipinski definition) is 3. The van der Waals surface area contributed by atoms with Crippen LogP contribution in [0.3, 0.4) is 0 Å². The van der Waals surface area contributed by atoms with Crippen LogP contribution in [0, 0.1) is 5.92 Å². The highest BCUT2D eigenvalue weighted by Crippen LogP contribution is 2.39. The van der Waals surface area contributed by atoms with Crippen molar-refractivity contribution >= 4 is 6.03 Å². The zero-order chi connectivity index (χ0) is 17.9. The minimum absolute atomic E-state index is 0.00186. The number of hydrogen-bond donors (Lipinski definition) is 3. The number of piperidine rings is 1. The molecule has 3 rings (SSSR count). The Labute approximate surface area is 150 Å². The highest BCUT2D eigenvalue weighted by molar-refractivity contribution is 5.75. The molecular weight excluding hydrogens is 314 g/mol. The van der Waals surface area contributed by atoms with Gasteiger partial charge in [0.1, 0.15) is 0 Å². The standard InChI is InChI=1S/C20H31N3O2/c1-15(16-6-4-3-5-7-16)23-12-10-18(11-13-23)21-19(25)22-20(2,14-24)17-8-9-17/h3-7,15,17-18,24H,8-14H2,1-2H3,(H2,21,22,25). The lowest BCUT2D eigenvalue weighted by molar-refractivity contribution is 0.140. The molecule has 2 fully saturated rings. The molecule has 1 aliphatic carbocycles. The van der Waals surface area contributed by atoms with Gasteiger partial charge in [-0.15, -0.1) is 0 Å². The van der Waals surface area contributed by atoms with Gasteiger partial charge in [0.25, 0.3) is 0 Å². The maximum atomic E-state index is 12.3. The predicted octanol–water partition coefficient (Wildman–Crippen LogP) is 2.67. The van der Waals surface area contributed by atoms with Crippen molar-refractivity contribution < 1.29 is 9.90 Å². The van der Waals surface area contributed by atoms with E-state index in [1.807, 2.05) is 13.0 Å². The maximum absolute atomic E-state index is 12.3. The molecule has 2 unspecified atom stereocenters. The first kappa shape index (κ1) is 18.2.